The fourth-order valence-electron chi connectivity index (χ4n) is 3.86. The molecule has 0 unspecified atom stereocenters. The Labute approximate surface area is 164 Å². The molecule has 1 saturated heterocycles. The summed E-state index contributed by atoms with van der Waals surface area (Å²) in [5.41, 5.74) is 4.18. The van der Waals surface area contributed by atoms with Crippen LogP contribution in [0, 0.1) is 13.8 Å². The predicted molar refractivity (Wildman–Crippen MR) is 109 cm³/mol. The van der Waals surface area contributed by atoms with Gasteiger partial charge in [-0.2, -0.15) is 5.10 Å². The van der Waals surface area contributed by atoms with Crippen LogP contribution in [0.3, 0.4) is 0 Å². The highest BCUT2D eigenvalue weighted by molar-refractivity contribution is 5.98. The minimum absolute atomic E-state index is 0.0369. The van der Waals surface area contributed by atoms with Crippen molar-refractivity contribution < 1.29 is 9.53 Å². The number of fused-ring (bicyclic) bond motifs is 1. The van der Waals surface area contributed by atoms with E-state index >= 15 is 0 Å². The number of benzene rings is 1. The van der Waals surface area contributed by atoms with Crippen molar-refractivity contribution in [2.75, 3.05) is 38.2 Å². The molecule has 7 heteroatoms. The molecule has 0 saturated carbocycles. The van der Waals surface area contributed by atoms with Gasteiger partial charge < -0.3 is 14.5 Å². The Balaban J connectivity index is 1.54. The van der Waals surface area contributed by atoms with Gasteiger partial charge in [0.1, 0.15) is 5.75 Å². The molecule has 28 heavy (non-hydrogen) atoms. The van der Waals surface area contributed by atoms with E-state index in [4.69, 9.17) is 4.74 Å². The second-order valence-corrected chi connectivity index (χ2v) is 7.15. The first kappa shape index (κ1) is 18.3. The molecule has 1 fully saturated rings. The lowest BCUT2D eigenvalue weighted by Gasteiger charge is -2.36. The molecule has 3 heterocycles. The number of hydrogen-bond donors (Lipinski definition) is 0. The number of carbonyl (C=O) groups excluding carboxylic acids is 1. The smallest absolute Gasteiger partial charge is 0.255 e. The number of nitrogens with zero attached hydrogens (tertiary/aromatic N) is 5. The fourth-order valence-corrected chi connectivity index (χ4v) is 3.86. The second-order valence-electron chi connectivity index (χ2n) is 7.15. The number of anilines is 1. The Morgan fingerprint density at radius 3 is 2.50 bits per heavy atom. The summed E-state index contributed by atoms with van der Waals surface area (Å²) in [4.78, 5) is 22.0. The molecule has 1 aromatic carbocycles. The van der Waals surface area contributed by atoms with Crippen LogP contribution >= 0.6 is 0 Å². The summed E-state index contributed by atoms with van der Waals surface area (Å²) in [6, 6.07) is 9.94. The Hall–Kier alpha value is -3.09. The summed E-state index contributed by atoms with van der Waals surface area (Å²) < 4.78 is 7.24. The van der Waals surface area contributed by atoms with Gasteiger partial charge in [-0.05, 0) is 32.0 Å². The molecular weight excluding hydrogens is 354 g/mol. The van der Waals surface area contributed by atoms with Crippen molar-refractivity contribution in [3.63, 3.8) is 0 Å². The highest BCUT2D eigenvalue weighted by atomic mass is 16.5. The van der Waals surface area contributed by atoms with Crippen molar-refractivity contribution in [3.05, 3.63) is 47.3 Å². The van der Waals surface area contributed by atoms with E-state index in [0.29, 0.717) is 18.7 Å². The van der Waals surface area contributed by atoms with E-state index in [0.717, 1.165) is 46.9 Å². The normalized spacial score (nSPS) is 14.6. The third-order valence-electron chi connectivity index (χ3n) is 5.41. The van der Waals surface area contributed by atoms with E-state index in [9.17, 15) is 4.79 Å². The first-order valence-electron chi connectivity index (χ1n) is 9.47. The van der Waals surface area contributed by atoms with Crippen LogP contribution < -0.4 is 9.64 Å². The highest BCUT2D eigenvalue weighted by Gasteiger charge is 2.25. The molecule has 0 radical (unpaired) electrons. The van der Waals surface area contributed by atoms with Gasteiger partial charge in [0.05, 0.1) is 29.7 Å². The SMILES string of the molecule is COc1ccccc1N1CCN(C(=O)c2cc3c(C)nn(C)c3nc2C)CC1. The average Bonchev–Trinajstić information content (AvgIpc) is 2.99. The monoisotopic (exact) mass is 379 g/mol. The van der Waals surface area contributed by atoms with E-state index in [2.05, 4.69) is 21.0 Å². The maximum absolute atomic E-state index is 13.2. The number of para-hydroxylation sites is 2. The minimum atomic E-state index is 0.0369. The van der Waals surface area contributed by atoms with E-state index < -0.39 is 0 Å². The number of carbonyl (C=O) groups is 1. The summed E-state index contributed by atoms with van der Waals surface area (Å²) >= 11 is 0. The van der Waals surface area contributed by atoms with Crippen LogP contribution in [0.2, 0.25) is 0 Å². The maximum Gasteiger partial charge on any atom is 0.255 e. The topological polar surface area (TPSA) is 63.5 Å². The van der Waals surface area contributed by atoms with E-state index in [-0.39, 0.29) is 5.91 Å². The van der Waals surface area contributed by atoms with Gasteiger partial charge in [-0.25, -0.2) is 4.98 Å². The molecule has 2 aromatic heterocycles. The predicted octanol–water partition coefficient (Wildman–Crippen LogP) is 2.56. The van der Waals surface area contributed by atoms with Gasteiger partial charge in [0.25, 0.3) is 5.91 Å². The summed E-state index contributed by atoms with van der Waals surface area (Å²) in [5.74, 6) is 0.898. The van der Waals surface area contributed by atoms with Crippen LogP contribution in [0.5, 0.6) is 5.75 Å². The number of ether oxygens (including phenoxy) is 1. The molecule has 0 bridgehead atoms. The molecule has 7 nitrogen and oxygen atoms in total. The second kappa shape index (κ2) is 7.14. The quantitative estimate of drug-likeness (QED) is 0.700. The largest absolute Gasteiger partial charge is 0.495 e. The lowest BCUT2D eigenvalue weighted by Crippen LogP contribution is -2.49. The van der Waals surface area contributed by atoms with Crippen LogP contribution in [0.1, 0.15) is 21.7 Å². The van der Waals surface area contributed by atoms with E-state index in [1.165, 1.54) is 0 Å². The van der Waals surface area contributed by atoms with Crippen molar-refractivity contribution in [2.24, 2.45) is 7.05 Å². The highest BCUT2D eigenvalue weighted by Crippen LogP contribution is 2.29. The van der Waals surface area contributed by atoms with Crippen molar-refractivity contribution in [2.45, 2.75) is 13.8 Å². The maximum atomic E-state index is 13.2. The van der Waals surface area contributed by atoms with Gasteiger partial charge >= 0.3 is 0 Å². The lowest BCUT2D eigenvalue weighted by atomic mass is 10.1. The number of rotatable bonds is 3. The molecule has 1 amide bonds. The Bertz CT molecular complexity index is 1030. The average molecular weight is 379 g/mol. The molecular formula is C21H25N5O2. The number of pyridine rings is 1. The molecule has 3 aromatic rings. The Kier molecular flexibility index (Phi) is 4.66. The zero-order chi connectivity index (χ0) is 19.8. The van der Waals surface area contributed by atoms with Crippen molar-refractivity contribution in [1.82, 2.24) is 19.7 Å². The number of hydrogen-bond acceptors (Lipinski definition) is 5. The lowest BCUT2D eigenvalue weighted by molar-refractivity contribution is 0.0745. The molecule has 1 aliphatic heterocycles. The molecule has 0 N–H and O–H groups in total. The van der Waals surface area contributed by atoms with Crippen molar-refractivity contribution >= 4 is 22.6 Å². The van der Waals surface area contributed by atoms with Crippen LogP contribution in [-0.4, -0.2) is 58.9 Å². The molecule has 4 rings (SSSR count). The van der Waals surface area contributed by atoms with Crippen LogP contribution in [-0.2, 0) is 7.05 Å². The third kappa shape index (κ3) is 3.06. The Morgan fingerprint density at radius 2 is 1.79 bits per heavy atom. The molecule has 146 valence electrons. The van der Waals surface area contributed by atoms with E-state index in [1.54, 1.807) is 11.8 Å². The van der Waals surface area contributed by atoms with Crippen molar-refractivity contribution in [3.8, 4) is 5.75 Å². The summed E-state index contributed by atoms with van der Waals surface area (Å²) in [5, 5.41) is 5.35. The van der Waals surface area contributed by atoms with Crippen molar-refractivity contribution in [1.29, 1.82) is 0 Å². The number of piperazine rings is 1. The number of aromatic nitrogens is 3. The first-order chi connectivity index (χ1) is 13.5. The van der Waals surface area contributed by atoms with E-state index in [1.807, 2.05) is 50.1 Å². The summed E-state index contributed by atoms with van der Waals surface area (Å²) in [7, 11) is 3.56. The number of methoxy groups -OCH3 is 1. The van der Waals surface area contributed by atoms with Gasteiger partial charge in [-0.15, -0.1) is 0 Å². The third-order valence-corrected chi connectivity index (χ3v) is 5.41. The molecule has 1 aliphatic rings. The Morgan fingerprint density at radius 1 is 1.07 bits per heavy atom. The molecule has 0 atom stereocenters. The minimum Gasteiger partial charge on any atom is -0.495 e. The van der Waals surface area contributed by atoms with Gasteiger partial charge in [-0.1, -0.05) is 12.1 Å². The summed E-state index contributed by atoms with van der Waals surface area (Å²) in [6.07, 6.45) is 0. The zero-order valence-electron chi connectivity index (χ0n) is 16.8. The molecule has 0 spiro atoms. The number of aryl methyl sites for hydroxylation is 3. The zero-order valence-corrected chi connectivity index (χ0v) is 16.8. The summed E-state index contributed by atoms with van der Waals surface area (Å²) in [6.45, 7) is 6.71. The first-order valence-corrected chi connectivity index (χ1v) is 9.47. The van der Waals surface area contributed by atoms with Gasteiger partial charge in [0.15, 0.2) is 5.65 Å². The van der Waals surface area contributed by atoms with Gasteiger partial charge in [-0.3, -0.25) is 9.48 Å². The van der Waals surface area contributed by atoms with Gasteiger partial charge in [0.2, 0.25) is 0 Å². The van der Waals surface area contributed by atoms with Crippen LogP contribution in [0.15, 0.2) is 30.3 Å². The molecule has 0 aliphatic carbocycles. The fraction of sp³-hybridized carbons (Fsp3) is 0.381. The number of amides is 1. The standard InChI is InChI=1S/C21H25N5O2/c1-14-17(13-16-15(2)23-24(3)20(16)22-14)21(27)26-11-9-25(10-12-26)18-7-5-6-8-19(18)28-4/h5-8,13H,9-12H2,1-4H3. The van der Waals surface area contributed by atoms with Crippen LogP contribution in [0.4, 0.5) is 5.69 Å². The van der Waals surface area contributed by atoms with Gasteiger partial charge in [0, 0.05) is 38.6 Å². The van der Waals surface area contributed by atoms with Crippen LogP contribution in [0.25, 0.3) is 11.0 Å².